The Kier molecular flexibility index (Phi) is 4.95. The van der Waals surface area contributed by atoms with Crippen LogP contribution < -0.4 is 5.73 Å². The summed E-state index contributed by atoms with van der Waals surface area (Å²) in [5.41, 5.74) is 5.42. The molecule has 1 aliphatic rings. The van der Waals surface area contributed by atoms with Crippen molar-refractivity contribution in [1.82, 2.24) is 4.90 Å². The lowest BCUT2D eigenvalue weighted by atomic mass is 9.63. The van der Waals surface area contributed by atoms with Gasteiger partial charge in [-0.15, -0.1) is 0 Å². The van der Waals surface area contributed by atoms with E-state index in [1.807, 2.05) is 6.92 Å². The number of hydrogen-bond donors (Lipinski definition) is 1. The van der Waals surface area contributed by atoms with E-state index in [9.17, 15) is 4.79 Å². The molecule has 0 spiro atoms. The van der Waals surface area contributed by atoms with Crippen LogP contribution in [0.3, 0.4) is 0 Å². The predicted octanol–water partition coefficient (Wildman–Crippen LogP) is 1.39. The van der Waals surface area contributed by atoms with Gasteiger partial charge in [-0.3, -0.25) is 9.69 Å². The first kappa shape index (κ1) is 14.5. The van der Waals surface area contributed by atoms with Gasteiger partial charge in [0.05, 0.1) is 12.6 Å². The van der Waals surface area contributed by atoms with Crippen LogP contribution in [0, 0.1) is 5.41 Å². The van der Waals surface area contributed by atoms with Crippen molar-refractivity contribution in [1.29, 1.82) is 0 Å². The van der Waals surface area contributed by atoms with E-state index in [0.717, 1.165) is 26.0 Å². The smallest absolute Gasteiger partial charge is 0.231 e. The van der Waals surface area contributed by atoms with E-state index in [1.54, 1.807) is 0 Å². The third-order valence-corrected chi connectivity index (χ3v) is 3.80. The quantitative estimate of drug-likeness (QED) is 0.734. The van der Waals surface area contributed by atoms with Crippen LogP contribution in [0.1, 0.15) is 40.5 Å². The number of carbonyl (C=O) groups excluding carboxylic acids is 1. The van der Waals surface area contributed by atoms with Gasteiger partial charge in [-0.2, -0.15) is 0 Å². The van der Waals surface area contributed by atoms with Crippen molar-refractivity contribution in [2.45, 2.75) is 52.7 Å². The summed E-state index contributed by atoms with van der Waals surface area (Å²) < 4.78 is 5.71. The highest BCUT2D eigenvalue weighted by molar-refractivity contribution is 5.76. The lowest BCUT2D eigenvalue weighted by molar-refractivity contribution is -0.153. The Bertz CT molecular complexity index is 266. The number of rotatable bonds is 7. The Morgan fingerprint density at radius 2 is 2.12 bits per heavy atom. The molecule has 0 heterocycles. The molecule has 2 atom stereocenters. The highest BCUT2D eigenvalue weighted by Gasteiger charge is 2.51. The summed E-state index contributed by atoms with van der Waals surface area (Å²) in [4.78, 5) is 13.3. The molecular formula is C13H26N2O2. The molecule has 4 nitrogen and oxygen atoms in total. The molecule has 100 valence electrons. The van der Waals surface area contributed by atoms with E-state index in [4.69, 9.17) is 10.5 Å². The van der Waals surface area contributed by atoms with E-state index in [1.165, 1.54) is 0 Å². The number of ether oxygens (including phenoxy) is 1. The summed E-state index contributed by atoms with van der Waals surface area (Å²) in [7, 11) is 0. The predicted molar refractivity (Wildman–Crippen MR) is 68.7 cm³/mol. The second kappa shape index (κ2) is 5.83. The Morgan fingerprint density at radius 3 is 2.53 bits per heavy atom. The van der Waals surface area contributed by atoms with E-state index < -0.39 is 0 Å². The first-order valence-electron chi connectivity index (χ1n) is 6.57. The van der Waals surface area contributed by atoms with Crippen molar-refractivity contribution in [3.05, 3.63) is 0 Å². The molecule has 0 aliphatic heterocycles. The number of amides is 1. The normalized spacial score (nSPS) is 26.9. The lowest BCUT2D eigenvalue weighted by Gasteiger charge is -2.55. The molecule has 1 saturated carbocycles. The number of carbonyl (C=O) groups is 1. The molecular weight excluding hydrogens is 216 g/mol. The van der Waals surface area contributed by atoms with Crippen molar-refractivity contribution >= 4 is 5.91 Å². The number of nitrogens with two attached hydrogens (primary N) is 1. The molecule has 1 aliphatic carbocycles. The summed E-state index contributed by atoms with van der Waals surface area (Å²) in [5.74, 6) is -0.242. The minimum absolute atomic E-state index is 0.112. The fraction of sp³-hybridized carbons (Fsp3) is 0.923. The maximum atomic E-state index is 11.1. The SMILES string of the molecule is CCCN(CC(N)=O)[C@H]1C[C@@H](OCC)C1(C)C. The molecule has 0 unspecified atom stereocenters. The van der Waals surface area contributed by atoms with Crippen LogP contribution in [0.5, 0.6) is 0 Å². The zero-order valence-corrected chi connectivity index (χ0v) is 11.5. The number of nitrogens with zero attached hydrogens (tertiary/aromatic N) is 1. The van der Waals surface area contributed by atoms with Crippen LogP contribution in [-0.2, 0) is 9.53 Å². The van der Waals surface area contributed by atoms with Crippen LogP contribution in [0.2, 0.25) is 0 Å². The van der Waals surface area contributed by atoms with Gasteiger partial charge in [0, 0.05) is 18.1 Å². The van der Waals surface area contributed by atoms with E-state index >= 15 is 0 Å². The molecule has 0 saturated heterocycles. The van der Waals surface area contributed by atoms with Gasteiger partial charge in [-0.25, -0.2) is 0 Å². The topological polar surface area (TPSA) is 55.6 Å². The van der Waals surface area contributed by atoms with Crippen LogP contribution in [0.4, 0.5) is 0 Å². The van der Waals surface area contributed by atoms with E-state index in [-0.39, 0.29) is 11.3 Å². The Morgan fingerprint density at radius 1 is 1.47 bits per heavy atom. The van der Waals surface area contributed by atoms with Crippen LogP contribution in [0.15, 0.2) is 0 Å². The second-order valence-corrected chi connectivity index (χ2v) is 5.45. The standard InChI is InChI=1S/C13H26N2O2/c1-5-7-15(9-12(14)16)10-8-11(17-6-2)13(10,3)4/h10-11H,5-9H2,1-4H3,(H2,14,16)/t10-,11+/m0/s1. The molecule has 1 rings (SSSR count). The third-order valence-electron chi connectivity index (χ3n) is 3.80. The van der Waals surface area contributed by atoms with Crippen molar-refractivity contribution in [3.63, 3.8) is 0 Å². The number of primary amides is 1. The molecule has 1 fully saturated rings. The van der Waals surface area contributed by atoms with Crippen LogP contribution in [-0.4, -0.2) is 42.6 Å². The second-order valence-electron chi connectivity index (χ2n) is 5.45. The molecule has 0 bridgehead atoms. The summed E-state index contributed by atoms with van der Waals surface area (Å²) in [6, 6.07) is 0.409. The summed E-state index contributed by atoms with van der Waals surface area (Å²) in [6.45, 7) is 10.6. The summed E-state index contributed by atoms with van der Waals surface area (Å²) in [6.07, 6.45) is 2.36. The van der Waals surface area contributed by atoms with Crippen LogP contribution in [0.25, 0.3) is 0 Å². The van der Waals surface area contributed by atoms with E-state index in [0.29, 0.717) is 18.7 Å². The zero-order chi connectivity index (χ0) is 13.1. The Balaban J connectivity index is 2.61. The maximum absolute atomic E-state index is 11.1. The van der Waals surface area contributed by atoms with Gasteiger partial charge in [-0.05, 0) is 26.3 Å². The molecule has 2 N–H and O–H groups in total. The highest BCUT2D eigenvalue weighted by Crippen LogP contribution is 2.45. The molecule has 17 heavy (non-hydrogen) atoms. The molecule has 0 aromatic carbocycles. The largest absolute Gasteiger partial charge is 0.378 e. The van der Waals surface area contributed by atoms with Gasteiger partial charge in [0.1, 0.15) is 0 Å². The maximum Gasteiger partial charge on any atom is 0.231 e. The minimum atomic E-state index is -0.242. The first-order chi connectivity index (χ1) is 7.93. The van der Waals surface area contributed by atoms with Crippen molar-refractivity contribution in [2.24, 2.45) is 11.1 Å². The molecule has 4 heteroatoms. The summed E-state index contributed by atoms with van der Waals surface area (Å²) in [5, 5.41) is 0. The van der Waals surface area contributed by atoms with Gasteiger partial charge >= 0.3 is 0 Å². The molecule has 0 aromatic heterocycles. The number of hydrogen-bond acceptors (Lipinski definition) is 3. The van der Waals surface area contributed by atoms with Gasteiger partial charge in [-0.1, -0.05) is 20.8 Å². The fourth-order valence-corrected chi connectivity index (χ4v) is 2.80. The third kappa shape index (κ3) is 3.19. The van der Waals surface area contributed by atoms with Gasteiger partial charge < -0.3 is 10.5 Å². The lowest BCUT2D eigenvalue weighted by Crippen LogP contribution is -2.63. The van der Waals surface area contributed by atoms with E-state index in [2.05, 4.69) is 25.7 Å². The molecule has 1 amide bonds. The monoisotopic (exact) mass is 242 g/mol. The zero-order valence-electron chi connectivity index (χ0n) is 11.5. The molecule has 0 radical (unpaired) electrons. The Hall–Kier alpha value is -0.610. The van der Waals surface area contributed by atoms with Gasteiger partial charge in [0.15, 0.2) is 0 Å². The van der Waals surface area contributed by atoms with Crippen molar-refractivity contribution in [3.8, 4) is 0 Å². The highest BCUT2D eigenvalue weighted by atomic mass is 16.5. The van der Waals surface area contributed by atoms with Crippen molar-refractivity contribution < 1.29 is 9.53 Å². The minimum Gasteiger partial charge on any atom is -0.378 e. The van der Waals surface area contributed by atoms with Gasteiger partial charge in [0.25, 0.3) is 0 Å². The fourth-order valence-electron chi connectivity index (χ4n) is 2.80. The average Bonchev–Trinajstić information content (AvgIpc) is 2.22. The molecule has 0 aromatic rings. The average molecular weight is 242 g/mol. The Labute approximate surface area is 104 Å². The van der Waals surface area contributed by atoms with Gasteiger partial charge in [0.2, 0.25) is 5.91 Å². The first-order valence-corrected chi connectivity index (χ1v) is 6.57. The van der Waals surface area contributed by atoms with Crippen LogP contribution >= 0.6 is 0 Å². The summed E-state index contributed by atoms with van der Waals surface area (Å²) >= 11 is 0. The van der Waals surface area contributed by atoms with Crippen molar-refractivity contribution in [2.75, 3.05) is 19.7 Å².